The molecule has 0 heterocycles. The molecule has 2 unspecified atom stereocenters. The first-order valence-electron chi connectivity index (χ1n) is 32.6. The maximum Gasteiger partial charge on any atom is 0.472 e. The van der Waals surface area contributed by atoms with Gasteiger partial charge in [-0.3, -0.25) is 37.3 Å². The van der Waals surface area contributed by atoms with Crippen molar-refractivity contribution in [3.8, 4) is 0 Å². The number of aliphatic hydroxyl groups is 1. The molecule has 0 saturated heterocycles. The average Bonchev–Trinajstić information content (AvgIpc) is 3.43. The van der Waals surface area contributed by atoms with E-state index in [-0.39, 0.29) is 25.7 Å². The molecule has 0 bridgehead atoms. The highest BCUT2D eigenvalue weighted by atomic mass is 31.2. The molecule has 81 heavy (non-hydrogen) atoms. The number of unbranched alkanes of at least 4 members (excludes halogenated alkanes) is 34. The Morgan fingerprint density at radius 1 is 0.333 bits per heavy atom. The number of ether oxygens (including phenoxy) is 4. The Morgan fingerprint density at radius 2 is 0.568 bits per heavy atom. The summed E-state index contributed by atoms with van der Waals surface area (Å²) in [5.41, 5.74) is 0. The predicted octanol–water partition coefficient (Wildman–Crippen LogP) is 17.0. The molecule has 0 aliphatic heterocycles. The summed E-state index contributed by atoms with van der Waals surface area (Å²) in [4.78, 5) is 71.8. The summed E-state index contributed by atoms with van der Waals surface area (Å²) in [6, 6.07) is 0. The molecule has 0 rings (SSSR count). The van der Waals surface area contributed by atoms with Gasteiger partial charge in [-0.05, 0) is 31.6 Å². The van der Waals surface area contributed by atoms with Gasteiger partial charge in [0.05, 0.1) is 26.4 Å². The third-order valence-corrected chi connectivity index (χ3v) is 16.2. The normalized spacial score (nSPS) is 14.3. The Morgan fingerprint density at radius 3 is 0.840 bits per heavy atom. The van der Waals surface area contributed by atoms with E-state index in [1.54, 1.807) is 0 Å². The van der Waals surface area contributed by atoms with Gasteiger partial charge in [0.25, 0.3) is 0 Å². The van der Waals surface area contributed by atoms with Gasteiger partial charge >= 0.3 is 39.5 Å². The number of rotatable bonds is 62. The topological polar surface area (TPSA) is 237 Å². The SMILES string of the molecule is CCCCCCCCCCCCCCCCC(=O)O[C@H](COC(=O)CCCCCCCCCCCCCCC)COP(=O)(O)OC[C@@H](O)COP(=O)(O)OC[C@@H](COC(=O)CCCCCCC)OC(=O)CCCCCCCCC(C)C. The number of hydrogen-bond donors (Lipinski definition) is 3. The lowest BCUT2D eigenvalue weighted by Crippen LogP contribution is -2.30. The van der Waals surface area contributed by atoms with Crippen molar-refractivity contribution in [2.45, 2.75) is 329 Å². The van der Waals surface area contributed by atoms with Crippen LogP contribution in [0.25, 0.3) is 0 Å². The monoisotopic (exact) mass is 1200 g/mol. The van der Waals surface area contributed by atoms with Crippen molar-refractivity contribution < 1.29 is 80.2 Å². The summed E-state index contributed by atoms with van der Waals surface area (Å²) in [5.74, 6) is -1.48. The molecule has 0 saturated carbocycles. The van der Waals surface area contributed by atoms with E-state index in [0.717, 1.165) is 96.3 Å². The fourth-order valence-corrected chi connectivity index (χ4v) is 10.8. The molecule has 0 aliphatic carbocycles. The van der Waals surface area contributed by atoms with E-state index in [1.165, 1.54) is 128 Å². The summed E-state index contributed by atoms with van der Waals surface area (Å²) in [5, 5.41) is 10.5. The second-order valence-electron chi connectivity index (χ2n) is 22.9. The average molecular weight is 1200 g/mol. The molecule has 0 aromatic heterocycles. The Kier molecular flexibility index (Phi) is 54.6. The van der Waals surface area contributed by atoms with Crippen molar-refractivity contribution in [2.24, 2.45) is 5.92 Å². The maximum absolute atomic E-state index is 13.0. The molecule has 5 atom stereocenters. The molecular weight excluding hydrogens is 1080 g/mol. The van der Waals surface area contributed by atoms with Crippen molar-refractivity contribution in [2.75, 3.05) is 39.6 Å². The van der Waals surface area contributed by atoms with Gasteiger partial charge in [-0.15, -0.1) is 0 Å². The van der Waals surface area contributed by atoms with Gasteiger partial charge in [-0.1, -0.05) is 259 Å². The van der Waals surface area contributed by atoms with E-state index in [0.29, 0.717) is 31.6 Å². The first kappa shape index (κ1) is 79.1. The fraction of sp³-hybridized carbons (Fsp3) is 0.935. The largest absolute Gasteiger partial charge is 0.472 e. The number of aliphatic hydroxyl groups excluding tert-OH is 1. The van der Waals surface area contributed by atoms with E-state index in [9.17, 15) is 43.2 Å². The Balaban J connectivity index is 5.17. The van der Waals surface area contributed by atoms with Crippen molar-refractivity contribution in [3.05, 3.63) is 0 Å². The second kappa shape index (κ2) is 55.9. The molecule has 19 heteroatoms. The number of carbonyl (C=O) groups excluding carboxylic acids is 4. The van der Waals surface area contributed by atoms with Crippen molar-refractivity contribution in [1.29, 1.82) is 0 Å². The maximum atomic E-state index is 13.0. The molecule has 0 aromatic carbocycles. The Hall–Kier alpha value is -1.94. The van der Waals surface area contributed by atoms with E-state index in [1.807, 2.05) is 0 Å². The van der Waals surface area contributed by atoms with Crippen LogP contribution in [0.5, 0.6) is 0 Å². The van der Waals surface area contributed by atoms with Gasteiger partial charge in [0, 0.05) is 25.7 Å². The number of carbonyl (C=O) groups is 4. The van der Waals surface area contributed by atoms with E-state index in [4.69, 9.17) is 37.0 Å². The first-order valence-corrected chi connectivity index (χ1v) is 35.6. The zero-order valence-electron chi connectivity index (χ0n) is 51.9. The molecule has 0 radical (unpaired) electrons. The molecule has 17 nitrogen and oxygen atoms in total. The minimum Gasteiger partial charge on any atom is -0.462 e. The lowest BCUT2D eigenvalue weighted by atomic mass is 10.0. The molecule has 480 valence electrons. The smallest absolute Gasteiger partial charge is 0.462 e. The van der Waals surface area contributed by atoms with Crippen LogP contribution >= 0.6 is 15.6 Å². The van der Waals surface area contributed by atoms with E-state index >= 15 is 0 Å². The third kappa shape index (κ3) is 56.9. The molecule has 3 N–H and O–H groups in total. The van der Waals surface area contributed by atoms with Crippen molar-refractivity contribution in [3.63, 3.8) is 0 Å². The molecule has 0 aliphatic rings. The second-order valence-corrected chi connectivity index (χ2v) is 25.8. The zero-order chi connectivity index (χ0) is 59.9. The summed E-state index contributed by atoms with van der Waals surface area (Å²) in [6.07, 6.45) is 39.4. The molecular formula is C62H120O17P2. The molecule has 0 aromatic rings. The molecule has 0 fully saturated rings. The number of phosphoric ester groups is 2. The van der Waals surface area contributed by atoms with Crippen molar-refractivity contribution in [1.82, 2.24) is 0 Å². The summed E-state index contributed by atoms with van der Waals surface area (Å²) < 4.78 is 67.7. The van der Waals surface area contributed by atoms with Crippen LogP contribution in [-0.4, -0.2) is 96.7 Å². The van der Waals surface area contributed by atoms with Crippen LogP contribution in [0.1, 0.15) is 311 Å². The van der Waals surface area contributed by atoms with Gasteiger partial charge in [0.2, 0.25) is 0 Å². The Bertz CT molecular complexity index is 1580. The molecule has 0 amide bonds. The van der Waals surface area contributed by atoms with Crippen LogP contribution in [0.2, 0.25) is 0 Å². The summed E-state index contributed by atoms with van der Waals surface area (Å²) in [6.45, 7) is 7.00. The highest BCUT2D eigenvalue weighted by molar-refractivity contribution is 7.47. The van der Waals surface area contributed by atoms with Crippen LogP contribution in [0, 0.1) is 5.92 Å². The summed E-state index contributed by atoms with van der Waals surface area (Å²) in [7, 11) is -9.87. The van der Waals surface area contributed by atoms with Gasteiger partial charge < -0.3 is 33.8 Å². The van der Waals surface area contributed by atoms with Crippen LogP contribution in [-0.2, 0) is 65.4 Å². The lowest BCUT2D eigenvalue weighted by molar-refractivity contribution is -0.161. The van der Waals surface area contributed by atoms with E-state index in [2.05, 4.69) is 34.6 Å². The lowest BCUT2D eigenvalue weighted by Gasteiger charge is -2.21. The number of esters is 4. The van der Waals surface area contributed by atoms with Crippen LogP contribution in [0.4, 0.5) is 0 Å². The minimum atomic E-state index is -4.94. The van der Waals surface area contributed by atoms with Gasteiger partial charge in [0.1, 0.15) is 19.3 Å². The van der Waals surface area contributed by atoms with Gasteiger partial charge in [0.15, 0.2) is 12.2 Å². The summed E-state index contributed by atoms with van der Waals surface area (Å²) >= 11 is 0. The van der Waals surface area contributed by atoms with Crippen LogP contribution in [0.15, 0.2) is 0 Å². The quantitative estimate of drug-likeness (QED) is 0.0222. The zero-order valence-corrected chi connectivity index (χ0v) is 53.7. The number of phosphoric acid groups is 2. The first-order chi connectivity index (χ1) is 39.0. The van der Waals surface area contributed by atoms with Crippen LogP contribution in [0.3, 0.4) is 0 Å². The van der Waals surface area contributed by atoms with Gasteiger partial charge in [-0.25, -0.2) is 9.13 Å². The number of hydrogen-bond acceptors (Lipinski definition) is 15. The fourth-order valence-electron chi connectivity index (χ4n) is 9.23. The van der Waals surface area contributed by atoms with E-state index < -0.39 is 97.5 Å². The predicted molar refractivity (Wildman–Crippen MR) is 322 cm³/mol. The highest BCUT2D eigenvalue weighted by Gasteiger charge is 2.30. The van der Waals surface area contributed by atoms with Gasteiger partial charge in [-0.2, -0.15) is 0 Å². The standard InChI is InChI=1S/C62H120O17P2/c1-6-9-12-15-17-19-21-23-25-27-29-31-37-42-47-61(66)78-58(52-73-60(65)46-41-36-30-28-26-24-22-20-18-16-13-10-7-2)54-77-81(70,71)75-50-56(63)49-74-80(68,69)76-53-57(51-72-59(64)45-40-34-14-11-8-3)79-62(67)48-43-38-33-32-35-39-44-55(4)5/h55-58,63H,6-54H2,1-5H3,(H,68,69)(H,70,71)/t56-,57+,58+/m0/s1. The molecule has 0 spiro atoms. The van der Waals surface area contributed by atoms with Crippen LogP contribution < -0.4 is 0 Å². The third-order valence-electron chi connectivity index (χ3n) is 14.3. The highest BCUT2D eigenvalue weighted by Crippen LogP contribution is 2.45. The Labute approximate surface area is 492 Å². The minimum absolute atomic E-state index is 0.101. The van der Waals surface area contributed by atoms with Crippen molar-refractivity contribution >= 4 is 39.5 Å².